The van der Waals surface area contributed by atoms with Gasteiger partial charge in [-0.15, -0.1) is 0 Å². The molecule has 0 spiro atoms. The SMILES string of the molecule is CCCCC/C=C\C/C=C\CCCCCCC[C@@H](O)C[C@@]1(CCCCCC)CC(=O)O1. The van der Waals surface area contributed by atoms with Gasteiger partial charge in [0.15, 0.2) is 0 Å². The average Bonchev–Trinajstić information content (AvgIpc) is 2.73. The van der Waals surface area contributed by atoms with E-state index in [2.05, 4.69) is 38.2 Å². The van der Waals surface area contributed by atoms with Crippen LogP contribution in [-0.4, -0.2) is 22.8 Å². The Morgan fingerprint density at radius 2 is 1.39 bits per heavy atom. The van der Waals surface area contributed by atoms with Crippen LogP contribution in [0.1, 0.15) is 136 Å². The van der Waals surface area contributed by atoms with E-state index in [1.165, 1.54) is 77.0 Å². The quantitative estimate of drug-likeness (QED) is 0.112. The van der Waals surface area contributed by atoms with Crippen molar-refractivity contribution in [2.45, 2.75) is 148 Å². The van der Waals surface area contributed by atoms with Gasteiger partial charge in [0, 0.05) is 6.42 Å². The van der Waals surface area contributed by atoms with Crippen LogP contribution in [0, 0.1) is 0 Å². The highest BCUT2D eigenvalue weighted by molar-refractivity contribution is 5.76. The molecule has 1 aliphatic heterocycles. The Balaban J connectivity index is 1.98. The van der Waals surface area contributed by atoms with Gasteiger partial charge in [0.1, 0.15) is 5.60 Å². The van der Waals surface area contributed by atoms with E-state index in [1.807, 2.05) is 0 Å². The highest BCUT2D eigenvalue weighted by Crippen LogP contribution is 2.38. The molecule has 3 nitrogen and oxygen atoms in total. The normalized spacial score (nSPS) is 19.8. The minimum atomic E-state index is -0.360. The van der Waals surface area contributed by atoms with Gasteiger partial charge in [-0.3, -0.25) is 4.79 Å². The summed E-state index contributed by atoms with van der Waals surface area (Å²) in [7, 11) is 0. The predicted molar refractivity (Wildman–Crippen MR) is 132 cm³/mol. The molecule has 1 aliphatic rings. The van der Waals surface area contributed by atoms with Gasteiger partial charge in [-0.1, -0.05) is 95.9 Å². The number of rotatable bonds is 21. The topological polar surface area (TPSA) is 46.5 Å². The van der Waals surface area contributed by atoms with Crippen molar-refractivity contribution in [1.82, 2.24) is 0 Å². The fraction of sp³-hybridized carbons (Fsp3) is 0.821. The molecule has 0 aromatic carbocycles. The van der Waals surface area contributed by atoms with Crippen molar-refractivity contribution in [3.63, 3.8) is 0 Å². The molecule has 1 saturated heterocycles. The van der Waals surface area contributed by atoms with E-state index >= 15 is 0 Å². The van der Waals surface area contributed by atoms with Gasteiger partial charge in [0.25, 0.3) is 0 Å². The Hall–Kier alpha value is -1.09. The van der Waals surface area contributed by atoms with Gasteiger partial charge in [-0.25, -0.2) is 0 Å². The second-order valence-electron chi connectivity index (χ2n) is 9.52. The number of ether oxygens (including phenoxy) is 1. The number of hydrogen-bond acceptors (Lipinski definition) is 3. The molecule has 1 heterocycles. The minimum absolute atomic E-state index is 0.0975. The molecular weight excluding hydrogens is 384 g/mol. The summed E-state index contributed by atoms with van der Waals surface area (Å²) in [6.45, 7) is 4.45. The molecule has 180 valence electrons. The maximum atomic E-state index is 11.4. The van der Waals surface area contributed by atoms with Crippen LogP contribution in [0.15, 0.2) is 24.3 Å². The lowest BCUT2D eigenvalue weighted by atomic mass is 9.82. The molecule has 1 N–H and O–H groups in total. The zero-order valence-corrected chi connectivity index (χ0v) is 20.6. The van der Waals surface area contributed by atoms with Crippen molar-refractivity contribution in [1.29, 1.82) is 0 Å². The van der Waals surface area contributed by atoms with Gasteiger partial charge in [0.2, 0.25) is 0 Å². The summed E-state index contributed by atoms with van der Waals surface area (Å²) in [5.74, 6) is -0.0975. The molecule has 0 amide bonds. The van der Waals surface area contributed by atoms with E-state index in [-0.39, 0.29) is 17.7 Å². The summed E-state index contributed by atoms with van der Waals surface area (Å²) >= 11 is 0. The van der Waals surface area contributed by atoms with Crippen molar-refractivity contribution in [2.75, 3.05) is 0 Å². The van der Waals surface area contributed by atoms with Crippen molar-refractivity contribution in [2.24, 2.45) is 0 Å². The number of allylic oxidation sites excluding steroid dienone is 4. The monoisotopic (exact) mass is 434 g/mol. The molecule has 0 unspecified atom stereocenters. The van der Waals surface area contributed by atoms with E-state index in [0.717, 1.165) is 32.1 Å². The number of carbonyl (C=O) groups excluding carboxylic acids is 1. The van der Waals surface area contributed by atoms with E-state index in [1.54, 1.807) is 0 Å². The number of unbranched alkanes of at least 4 members (excludes halogenated alkanes) is 11. The van der Waals surface area contributed by atoms with Gasteiger partial charge >= 0.3 is 5.97 Å². The first kappa shape index (κ1) is 27.9. The van der Waals surface area contributed by atoms with E-state index in [4.69, 9.17) is 4.74 Å². The zero-order valence-electron chi connectivity index (χ0n) is 20.6. The van der Waals surface area contributed by atoms with Crippen LogP contribution in [0.2, 0.25) is 0 Å². The van der Waals surface area contributed by atoms with Gasteiger partial charge in [-0.2, -0.15) is 0 Å². The molecule has 0 aliphatic carbocycles. The molecule has 2 atom stereocenters. The van der Waals surface area contributed by atoms with E-state index < -0.39 is 0 Å². The highest BCUT2D eigenvalue weighted by atomic mass is 16.6. The van der Waals surface area contributed by atoms with Crippen molar-refractivity contribution in [3.05, 3.63) is 24.3 Å². The second kappa shape index (κ2) is 18.5. The highest BCUT2D eigenvalue weighted by Gasteiger charge is 2.46. The van der Waals surface area contributed by atoms with Crippen molar-refractivity contribution in [3.8, 4) is 0 Å². The summed E-state index contributed by atoms with van der Waals surface area (Å²) in [5.41, 5.74) is -0.360. The third-order valence-corrected chi connectivity index (χ3v) is 6.38. The van der Waals surface area contributed by atoms with Crippen LogP contribution >= 0.6 is 0 Å². The molecule has 31 heavy (non-hydrogen) atoms. The number of aliphatic hydroxyl groups is 1. The van der Waals surface area contributed by atoms with E-state index in [0.29, 0.717) is 12.8 Å². The molecule has 3 heteroatoms. The summed E-state index contributed by atoms with van der Waals surface area (Å²) in [6.07, 6.45) is 29.9. The third kappa shape index (κ3) is 14.6. The lowest BCUT2D eigenvalue weighted by Crippen LogP contribution is -2.49. The van der Waals surface area contributed by atoms with Crippen LogP contribution in [-0.2, 0) is 9.53 Å². The van der Waals surface area contributed by atoms with E-state index in [9.17, 15) is 9.90 Å². The van der Waals surface area contributed by atoms with Gasteiger partial charge in [-0.05, 0) is 51.4 Å². The van der Waals surface area contributed by atoms with Gasteiger partial charge < -0.3 is 9.84 Å². The van der Waals surface area contributed by atoms with Crippen LogP contribution in [0.3, 0.4) is 0 Å². The molecule has 1 fully saturated rings. The summed E-state index contributed by atoms with van der Waals surface area (Å²) in [6, 6.07) is 0. The average molecular weight is 435 g/mol. The standard InChI is InChI=1S/C28H50O3/c1-3-5-7-9-10-11-12-13-14-15-16-17-18-19-20-22-26(29)24-28(25-27(30)31-28)23-21-8-6-4-2/h10-11,13-14,26,29H,3-9,12,15-25H2,1-2H3/b11-10-,14-13-/t26-,28+/m1/s1. The Labute approximate surface area is 192 Å². The minimum Gasteiger partial charge on any atom is -0.458 e. The van der Waals surface area contributed by atoms with Crippen LogP contribution in [0.5, 0.6) is 0 Å². The fourth-order valence-corrected chi connectivity index (χ4v) is 4.45. The Morgan fingerprint density at radius 1 is 0.839 bits per heavy atom. The molecule has 0 aromatic heterocycles. The lowest BCUT2D eigenvalue weighted by Gasteiger charge is -2.42. The third-order valence-electron chi connectivity index (χ3n) is 6.38. The summed E-state index contributed by atoms with van der Waals surface area (Å²) in [5, 5.41) is 10.4. The van der Waals surface area contributed by atoms with Crippen LogP contribution < -0.4 is 0 Å². The number of cyclic esters (lactones) is 1. The lowest BCUT2D eigenvalue weighted by molar-refractivity contribution is -0.198. The van der Waals surface area contributed by atoms with Gasteiger partial charge in [0.05, 0.1) is 12.5 Å². The van der Waals surface area contributed by atoms with Crippen molar-refractivity contribution >= 4 is 5.97 Å². The summed E-state index contributed by atoms with van der Waals surface area (Å²) in [4.78, 5) is 11.4. The number of hydrogen-bond donors (Lipinski definition) is 1. The second-order valence-corrected chi connectivity index (χ2v) is 9.52. The number of aliphatic hydroxyl groups excluding tert-OH is 1. The van der Waals surface area contributed by atoms with Crippen LogP contribution in [0.25, 0.3) is 0 Å². The molecule has 0 radical (unpaired) electrons. The smallest absolute Gasteiger partial charge is 0.310 e. The number of esters is 1. The molecule has 0 bridgehead atoms. The zero-order chi connectivity index (χ0) is 22.6. The first-order valence-electron chi connectivity index (χ1n) is 13.3. The molecule has 0 aromatic rings. The predicted octanol–water partition coefficient (Wildman–Crippen LogP) is 8.21. The van der Waals surface area contributed by atoms with Crippen LogP contribution in [0.4, 0.5) is 0 Å². The van der Waals surface area contributed by atoms with Crippen molar-refractivity contribution < 1.29 is 14.6 Å². The molecule has 0 saturated carbocycles. The maximum Gasteiger partial charge on any atom is 0.310 e. The Kier molecular flexibility index (Phi) is 16.7. The Bertz CT molecular complexity index is 486. The maximum absolute atomic E-state index is 11.4. The molecule has 1 rings (SSSR count). The first-order chi connectivity index (χ1) is 15.1. The largest absolute Gasteiger partial charge is 0.458 e. The fourth-order valence-electron chi connectivity index (χ4n) is 4.45. The number of carbonyl (C=O) groups is 1. The summed E-state index contributed by atoms with van der Waals surface area (Å²) < 4.78 is 5.50. The Morgan fingerprint density at radius 3 is 2.03 bits per heavy atom. The molecular formula is C28H50O3. The first-order valence-corrected chi connectivity index (χ1v) is 13.3.